The zero-order chi connectivity index (χ0) is 19.6. The van der Waals surface area contributed by atoms with Gasteiger partial charge >= 0.3 is 6.09 Å². The van der Waals surface area contributed by atoms with Gasteiger partial charge in [-0.3, -0.25) is 9.78 Å². The fourth-order valence-corrected chi connectivity index (χ4v) is 2.63. The second-order valence-corrected chi connectivity index (χ2v) is 6.90. The van der Waals surface area contributed by atoms with Crippen LogP contribution in [0.2, 0.25) is 0 Å². The number of carbonyl (C=O) groups excluding carboxylic acids is 2. The van der Waals surface area contributed by atoms with E-state index in [0.29, 0.717) is 24.1 Å². The van der Waals surface area contributed by atoms with Gasteiger partial charge in [-0.05, 0) is 53.0 Å². The Kier molecular flexibility index (Phi) is 8.22. The number of carbonyl (C=O) groups is 2. The number of aromatic nitrogens is 1. The van der Waals surface area contributed by atoms with Crippen LogP contribution in [0, 0.1) is 0 Å². The molecule has 0 aliphatic carbocycles. The molecule has 1 aromatic heterocycles. The lowest BCUT2D eigenvalue weighted by atomic mass is 10.1. The first-order chi connectivity index (χ1) is 13.0. The number of hydrogen-bond donors (Lipinski definition) is 3. The maximum atomic E-state index is 12.2. The molecule has 0 aliphatic rings. The minimum absolute atomic E-state index is 0.0163. The average molecular weight is 436 g/mol. The number of ether oxygens (including phenoxy) is 1. The Morgan fingerprint density at radius 1 is 1.26 bits per heavy atom. The minimum atomic E-state index is -0.498. The monoisotopic (exact) mass is 435 g/mol. The highest BCUT2D eigenvalue weighted by molar-refractivity contribution is 9.10. The van der Waals surface area contributed by atoms with Crippen molar-refractivity contribution in [3.63, 3.8) is 0 Å². The standard InChI is InChI=1S/C19H22BrN3O4/c1-13(6-8-24)22-19(26)27-9-7-14-2-4-17(5-3-14)23-18(25)15-10-16(20)12-21-11-15/h2-5,10-13,24H,6-9H2,1H3,(H,22,26)(H,23,25). The second-order valence-electron chi connectivity index (χ2n) is 5.99. The molecule has 1 unspecified atom stereocenters. The highest BCUT2D eigenvalue weighted by atomic mass is 79.9. The third-order valence-corrected chi connectivity index (χ3v) is 4.16. The molecule has 0 fully saturated rings. The third kappa shape index (κ3) is 7.36. The van der Waals surface area contributed by atoms with Crippen LogP contribution in [0.5, 0.6) is 0 Å². The van der Waals surface area contributed by atoms with Gasteiger partial charge < -0.3 is 20.5 Å². The first-order valence-corrected chi connectivity index (χ1v) is 9.32. The lowest BCUT2D eigenvalue weighted by molar-refractivity contribution is 0.102. The summed E-state index contributed by atoms with van der Waals surface area (Å²) >= 11 is 3.29. The number of alkyl carbamates (subject to hydrolysis) is 1. The molecule has 2 rings (SSSR count). The van der Waals surface area contributed by atoms with Gasteiger partial charge in [-0.15, -0.1) is 0 Å². The molecule has 0 spiro atoms. The van der Waals surface area contributed by atoms with E-state index in [9.17, 15) is 9.59 Å². The summed E-state index contributed by atoms with van der Waals surface area (Å²) in [5.41, 5.74) is 2.11. The number of aliphatic hydroxyl groups excluding tert-OH is 1. The van der Waals surface area contributed by atoms with E-state index in [1.807, 2.05) is 12.1 Å². The van der Waals surface area contributed by atoms with E-state index in [-0.39, 0.29) is 25.2 Å². The molecule has 0 saturated carbocycles. The van der Waals surface area contributed by atoms with Crippen molar-refractivity contribution < 1.29 is 19.4 Å². The van der Waals surface area contributed by atoms with Crippen LogP contribution in [-0.4, -0.2) is 41.3 Å². The van der Waals surface area contributed by atoms with E-state index >= 15 is 0 Å². The molecular formula is C19H22BrN3O4. The van der Waals surface area contributed by atoms with Crippen LogP contribution in [0.1, 0.15) is 29.3 Å². The SMILES string of the molecule is CC(CCO)NC(=O)OCCc1ccc(NC(=O)c2cncc(Br)c2)cc1. The number of nitrogens with one attached hydrogen (secondary N) is 2. The van der Waals surface area contributed by atoms with Crippen LogP contribution < -0.4 is 10.6 Å². The number of rotatable bonds is 8. The van der Waals surface area contributed by atoms with Crippen molar-refractivity contribution in [3.05, 3.63) is 58.3 Å². The molecule has 27 heavy (non-hydrogen) atoms. The molecule has 1 aromatic carbocycles. The van der Waals surface area contributed by atoms with E-state index in [4.69, 9.17) is 9.84 Å². The van der Waals surface area contributed by atoms with Crippen LogP contribution in [0.4, 0.5) is 10.5 Å². The maximum Gasteiger partial charge on any atom is 0.407 e. The molecule has 144 valence electrons. The second kappa shape index (κ2) is 10.6. The summed E-state index contributed by atoms with van der Waals surface area (Å²) in [6, 6.07) is 8.88. The molecule has 2 amide bonds. The number of aliphatic hydroxyl groups is 1. The zero-order valence-corrected chi connectivity index (χ0v) is 16.5. The van der Waals surface area contributed by atoms with Gasteiger partial charge in [-0.25, -0.2) is 4.79 Å². The summed E-state index contributed by atoms with van der Waals surface area (Å²) in [5, 5.41) is 14.2. The van der Waals surface area contributed by atoms with Crippen molar-refractivity contribution in [2.24, 2.45) is 0 Å². The topological polar surface area (TPSA) is 101 Å². The first-order valence-electron chi connectivity index (χ1n) is 8.53. The summed E-state index contributed by atoms with van der Waals surface area (Å²) in [5.74, 6) is -0.242. The Balaban J connectivity index is 1.78. The van der Waals surface area contributed by atoms with Crippen molar-refractivity contribution in [3.8, 4) is 0 Å². The van der Waals surface area contributed by atoms with E-state index < -0.39 is 6.09 Å². The van der Waals surface area contributed by atoms with Crippen molar-refractivity contribution in [1.82, 2.24) is 10.3 Å². The zero-order valence-electron chi connectivity index (χ0n) is 14.9. The van der Waals surface area contributed by atoms with Gasteiger partial charge in [0.2, 0.25) is 0 Å². The fraction of sp³-hybridized carbons (Fsp3) is 0.316. The summed E-state index contributed by atoms with van der Waals surface area (Å²) < 4.78 is 5.85. The predicted molar refractivity (Wildman–Crippen MR) is 106 cm³/mol. The summed E-state index contributed by atoms with van der Waals surface area (Å²) in [6.07, 6.45) is 3.66. The van der Waals surface area contributed by atoms with Crippen molar-refractivity contribution in [2.75, 3.05) is 18.5 Å². The first kappa shape index (κ1) is 20.9. The Bertz CT molecular complexity index is 768. The normalized spacial score (nSPS) is 11.5. The number of amides is 2. The van der Waals surface area contributed by atoms with Crippen LogP contribution in [-0.2, 0) is 11.2 Å². The Morgan fingerprint density at radius 2 is 2.00 bits per heavy atom. The van der Waals surface area contributed by atoms with Gasteiger partial charge in [0.1, 0.15) is 0 Å². The lowest BCUT2D eigenvalue weighted by Gasteiger charge is -2.12. The molecule has 8 heteroatoms. The molecule has 1 atom stereocenters. The molecule has 7 nitrogen and oxygen atoms in total. The molecule has 0 radical (unpaired) electrons. The number of anilines is 1. The maximum absolute atomic E-state index is 12.2. The highest BCUT2D eigenvalue weighted by Crippen LogP contribution is 2.14. The van der Waals surface area contributed by atoms with Gasteiger partial charge in [-0.1, -0.05) is 12.1 Å². The third-order valence-electron chi connectivity index (χ3n) is 3.73. The Labute approximate surface area is 166 Å². The lowest BCUT2D eigenvalue weighted by Crippen LogP contribution is -2.34. The molecule has 0 bridgehead atoms. The number of pyridine rings is 1. The van der Waals surface area contributed by atoms with Crippen molar-refractivity contribution >= 4 is 33.6 Å². The van der Waals surface area contributed by atoms with E-state index in [0.717, 1.165) is 10.0 Å². The number of nitrogens with zero attached hydrogens (tertiary/aromatic N) is 1. The molecule has 1 heterocycles. The number of hydrogen-bond acceptors (Lipinski definition) is 5. The molecule has 0 aliphatic heterocycles. The minimum Gasteiger partial charge on any atom is -0.449 e. The highest BCUT2D eigenvalue weighted by Gasteiger charge is 2.09. The van der Waals surface area contributed by atoms with Crippen LogP contribution >= 0.6 is 15.9 Å². The van der Waals surface area contributed by atoms with Crippen molar-refractivity contribution in [2.45, 2.75) is 25.8 Å². The van der Waals surface area contributed by atoms with Gasteiger partial charge in [0.05, 0.1) is 12.2 Å². The predicted octanol–water partition coefficient (Wildman–Crippen LogP) is 3.14. The quantitative estimate of drug-likeness (QED) is 0.591. The molecule has 3 N–H and O–H groups in total. The van der Waals surface area contributed by atoms with Crippen LogP contribution in [0.3, 0.4) is 0 Å². The van der Waals surface area contributed by atoms with Crippen molar-refractivity contribution in [1.29, 1.82) is 0 Å². The summed E-state index contributed by atoms with van der Waals surface area (Å²) in [7, 11) is 0. The molecule has 2 aromatic rings. The van der Waals surface area contributed by atoms with Crippen LogP contribution in [0.15, 0.2) is 47.2 Å². The van der Waals surface area contributed by atoms with Gasteiger partial charge in [-0.2, -0.15) is 0 Å². The van der Waals surface area contributed by atoms with Gasteiger partial charge in [0, 0.05) is 41.6 Å². The fourth-order valence-electron chi connectivity index (χ4n) is 2.26. The molecular weight excluding hydrogens is 414 g/mol. The smallest absolute Gasteiger partial charge is 0.407 e. The largest absolute Gasteiger partial charge is 0.449 e. The Morgan fingerprint density at radius 3 is 2.67 bits per heavy atom. The van der Waals surface area contributed by atoms with E-state index in [1.165, 1.54) is 6.20 Å². The van der Waals surface area contributed by atoms with Gasteiger partial charge in [0.15, 0.2) is 0 Å². The average Bonchev–Trinajstić information content (AvgIpc) is 2.63. The summed E-state index contributed by atoms with van der Waals surface area (Å²) in [4.78, 5) is 27.7. The number of halogens is 1. The Hall–Kier alpha value is -2.45. The number of benzene rings is 1. The van der Waals surface area contributed by atoms with Gasteiger partial charge in [0.25, 0.3) is 5.91 Å². The van der Waals surface area contributed by atoms with E-state index in [1.54, 1.807) is 31.3 Å². The van der Waals surface area contributed by atoms with E-state index in [2.05, 4.69) is 31.5 Å². The summed E-state index contributed by atoms with van der Waals surface area (Å²) in [6.45, 7) is 2.06. The van der Waals surface area contributed by atoms with Crippen LogP contribution in [0.25, 0.3) is 0 Å². The molecule has 0 saturated heterocycles.